The molecule has 0 saturated heterocycles. The van der Waals surface area contributed by atoms with E-state index in [1.165, 1.54) is 0 Å². The highest BCUT2D eigenvalue weighted by molar-refractivity contribution is 6.18. The summed E-state index contributed by atoms with van der Waals surface area (Å²) in [6, 6.07) is 15.9. The minimum Gasteiger partial charge on any atom is -0.466 e. The van der Waals surface area contributed by atoms with Crippen molar-refractivity contribution in [1.82, 2.24) is 5.32 Å². The van der Waals surface area contributed by atoms with E-state index in [9.17, 15) is 14.4 Å². The largest absolute Gasteiger partial charge is 0.466 e. The Balaban J connectivity index is 2.03. The number of carbonyl (C=O) groups excluding carboxylic acids is 3. The molecule has 0 aliphatic rings. The highest BCUT2D eigenvalue weighted by Gasteiger charge is 2.24. The SMILES string of the molecule is CCOC(=O)C[C@@H](NC(=O)c1c2ccccc2cc2ccccc12)C(N)=O. The number of primary amides is 1. The number of fused-ring (bicyclic) bond motifs is 2. The van der Waals surface area contributed by atoms with Crippen molar-refractivity contribution in [1.29, 1.82) is 0 Å². The van der Waals surface area contributed by atoms with Crippen LogP contribution in [-0.4, -0.2) is 30.4 Å². The molecule has 1 atom stereocenters. The zero-order valence-corrected chi connectivity index (χ0v) is 14.9. The van der Waals surface area contributed by atoms with Gasteiger partial charge in [0.15, 0.2) is 0 Å². The van der Waals surface area contributed by atoms with Gasteiger partial charge in [-0.05, 0) is 34.5 Å². The Morgan fingerprint density at radius 3 is 2.07 bits per heavy atom. The molecule has 0 spiro atoms. The summed E-state index contributed by atoms with van der Waals surface area (Å²) in [6.45, 7) is 1.85. The third kappa shape index (κ3) is 3.89. The molecule has 6 heteroatoms. The lowest BCUT2D eigenvalue weighted by Crippen LogP contribution is -2.46. The van der Waals surface area contributed by atoms with Gasteiger partial charge >= 0.3 is 5.97 Å². The van der Waals surface area contributed by atoms with Gasteiger partial charge in [-0.25, -0.2) is 0 Å². The standard InChI is InChI=1S/C21H20N2O4/c1-2-27-18(24)12-17(20(22)25)23-21(26)19-15-9-5-3-7-13(15)11-14-8-4-6-10-16(14)19/h3-11,17H,2,12H2,1H3,(H2,22,25)(H,23,26)/t17-/m1/s1. The second-order valence-corrected chi connectivity index (χ2v) is 6.13. The van der Waals surface area contributed by atoms with Crippen LogP contribution in [0.1, 0.15) is 23.7 Å². The van der Waals surface area contributed by atoms with Gasteiger partial charge in [0.2, 0.25) is 5.91 Å². The minimum atomic E-state index is -1.14. The molecule has 0 bridgehead atoms. The molecule has 0 aliphatic carbocycles. The van der Waals surface area contributed by atoms with Gasteiger partial charge in [-0.1, -0.05) is 48.5 Å². The number of nitrogens with one attached hydrogen (secondary N) is 1. The maximum Gasteiger partial charge on any atom is 0.308 e. The van der Waals surface area contributed by atoms with Crippen LogP contribution >= 0.6 is 0 Å². The third-order valence-electron chi connectivity index (χ3n) is 4.32. The predicted octanol–water partition coefficient (Wildman–Crippen LogP) is 2.53. The van der Waals surface area contributed by atoms with E-state index in [0.717, 1.165) is 21.5 Å². The lowest BCUT2D eigenvalue weighted by atomic mass is 9.96. The molecule has 0 radical (unpaired) electrons. The Labute approximate surface area is 156 Å². The van der Waals surface area contributed by atoms with Gasteiger partial charge in [0, 0.05) is 0 Å². The van der Waals surface area contributed by atoms with Gasteiger partial charge in [0.1, 0.15) is 6.04 Å². The summed E-state index contributed by atoms with van der Waals surface area (Å²) < 4.78 is 4.85. The van der Waals surface area contributed by atoms with Crippen molar-refractivity contribution < 1.29 is 19.1 Å². The van der Waals surface area contributed by atoms with Crippen molar-refractivity contribution in [2.45, 2.75) is 19.4 Å². The van der Waals surface area contributed by atoms with E-state index in [1.54, 1.807) is 6.92 Å². The van der Waals surface area contributed by atoms with E-state index in [4.69, 9.17) is 10.5 Å². The van der Waals surface area contributed by atoms with Crippen LogP contribution in [0.2, 0.25) is 0 Å². The maximum atomic E-state index is 13.1. The van der Waals surface area contributed by atoms with Crippen molar-refractivity contribution in [3.8, 4) is 0 Å². The minimum absolute atomic E-state index is 0.187. The van der Waals surface area contributed by atoms with E-state index in [-0.39, 0.29) is 13.0 Å². The summed E-state index contributed by atoms with van der Waals surface area (Å²) >= 11 is 0. The molecule has 27 heavy (non-hydrogen) atoms. The topological polar surface area (TPSA) is 98.5 Å². The number of amides is 2. The fraction of sp³-hybridized carbons (Fsp3) is 0.190. The molecule has 3 aromatic rings. The first kappa shape index (κ1) is 18.4. The van der Waals surface area contributed by atoms with Gasteiger partial charge in [-0.15, -0.1) is 0 Å². The molecule has 0 heterocycles. The Morgan fingerprint density at radius 1 is 1.00 bits per heavy atom. The van der Waals surface area contributed by atoms with E-state index >= 15 is 0 Å². The average molecular weight is 364 g/mol. The molecule has 0 aromatic heterocycles. The van der Waals surface area contributed by atoms with Crippen molar-refractivity contribution in [3.63, 3.8) is 0 Å². The van der Waals surface area contributed by atoms with Crippen LogP contribution in [0.5, 0.6) is 0 Å². The van der Waals surface area contributed by atoms with E-state index in [0.29, 0.717) is 5.56 Å². The summed E-state index contributed by atoms with van der Waals surface area (Å²) in [5, 5.41) is 5.92. The van der Waals surface area contributed by atoms with Crippen molar-refractivity contribution in [2.75, 3.05) is 6.61 Å². The smallest absolute Gasteiger partial charge is 0.308 e. The number of benzene rings is 3. The van der Waals surface area contributed by atoms with Crippen LogP contribution in [0.25, 0.3) is 21.5 Å². The Kier molecular flexibility index (Phi) is 5.35. The summed E-state index contributed by atoms with van der Waals surface area (Å²) in [5.41, 5.74) is 5.81. The number of ether oxygens (including phenoxy) is 1. The fourth-order valence-corrected chi connectivity index (χ4v) is 3.10. The first-order valence-corrected chi connectivity index (χ1v) is 8.67. The van der Waals surface area contributed by atoms with Gasteiger partial charge in [0.05, 0.1) is 18.6 Å². The predicted molar refractivity (Wildman–Crippen MR) is 103 cm³/mol. The van der Waals surface area contributed by atoms with Crippen molar-refractivity contribution in [3.05, 3.63) is 60.2 Å². The highest BCUT2D eigenvalue weighted by atomic mass is 16.5. The Morgan fingerprint density at radius 2 is 1.56 bits per heavy atom. The zero-order chi connectivity index (χ0) is 19.4. The van der Waals surface area contributed by atoms with Gasteiger partial charge in [-0.2, -0.15) is 0 Å². The number of esters is 1. The molecule has 0 fully saturated rings. The van der Waals surface area contributed by atoms with Gasteiger partial charge in [-0.3, -0.25) is 14.4 Å². The second kappa shape index (κ2) is 7.86. The van der Waals surface area contributed by atoms with Crippen LogP contribution in [0.3, 0.4) is 0 Å². The molecule has 3 aromatic carbocycles. The number of carbonyl (C=O) groups is 3. The van der Waals surface area contributed by atoms with Crippen molar-refractivity contribution >= 4 is 39.3 Å². The molecule has 6 nitrogen and oxygen atoms in total. The summed E-state index contributed by atoms with van der Waals surface area (Å²) in [7, 11) is 0. The molecule has 3 rings (SSSR count). The van der Waals surface area contributed by atoms with Crippen LogP contribution in [-0.2, 0) is 14.3 Å². The summed E-state index contributed by atoms with van der Waals surface area (Å²) in [4.78, 5) is 36.5. The second-order valence-electron chi connectivity index (χ2n) is 6.13. The number of rotatable bonds is 6. The fourth-order valence-electron chi connectivity index (χ4n) is 3.10. The number of hydrogen-bond acceptors (Lipinski definition) is 4. The molecular formula is C21H20N2O4. The lowest BCUT2D eigenvalue weighted by Gasteiger charge is -2.17. The lowest BCUT2D eigenvalue weighted by molar-refractivity contribution is -0.145. The normalized spacial score (nSPS) is 11.9. The molecule has 0 aliphatic heterocycles. The average Bonchev–Trinajstić information content (AvgIpc) is 2.65. The van der Waals surface area contributed by atoms with Crippen molar-refractivity contribution in [2.24, 2.45) is 5.73 Å². The monoisotopic (exact) mass is 364 g/mol. The molecule has 138 valence electrons. The molecule has 3 N–H and O–H groups in total. The van der Waals surface area contributed by atoms with E-state index < -0.39 is 23.8 Å². The quantitative estimate of drug-likeness (QED) is 0.519. The van der Waals surface area contributed by atoms with Crippen LogP contribution in [0, 0.1) is 0 Å². The van der Waals surface area contributed by atoms with Gasteiger partial charge in [0.25, 0.3) is 5.91 Å². The zero-order valence-electron chi connectivity index (χ0n) is 14.9. The molecule has 2 amide bonds. The summed E-state index contributed by atoms with van der Waals surface area (Å²) in [6.07, 6.45) is -0.308. The third-order valence-corrected chi connectivity index (χ3v) is 4.32. The highest BCUT2D eigenvalue weighted by Crippen LogP contribution is 2.28. The molecule has 0 unspecified atom stereocenters. The first-order chi connectivity index (χ1) is 13.0. The number of nitrogens with two attached hydrogens (primary N) is 1. The Bertz CT molecular complexity index is 975. The first-order valence-electron chi connectivity index (χ1n) is 8.67. The Hall–Kier alpha value is -3.41. The maximum absolute atomic E-state index is 13.1. The van der Waals surface area contributed by atoms with Crippen LogP contribution in [0.4, 0.5) is 0 Å². The summed E-state index contributed by atoms with van der Waals surface area (Å²) in [5.74, 6) is -1.85. The number of hydrogen-bond donors (Lipinski definition) is 2. The van der Waals surface area contributed by atoms with Crippen LogP contribution < -0.4 is 11.1 Å². The van der Waals surface area contributed by atoms with Gasteiger partial charge < -0.3 is 15.8 Å². The molecule has 0 saturated carbocycles. The van der Waals surface area contributed by atoms with E-state index in [1.807, 2.05) is 54.6 Å². The van der Waals surface area contributed by atoms with Crippen LogP contribution in [0.15, 0.2) is 54.6 Å². The molecular weight excluding hydrogens is 344 g/mol. The van der Waals surface area contributed by atoms with E-state index in [2.05, 4.69) is 5.32 Å².